The van der Waals surface area contributed by atoms with Gasteiger partial charge in [-0.2, -0.15) is 0 Å². The maximum absolute atomic E-state index is 12.0. The van der Waals surface area contributed by atoms with Crippen LogP contribution in [0.3, 0.4) is 0 Å². The first-order chi connectivity index (χ1) is 9.90. The molecule has 0 radical (unpaired) electrons. The molecule has 118 valence electrons. The second kappa shape index (κ2) is 5.14. The van der Waals surface area contributed by atoms with E-state index in [1.54, 1.807) is 0 Å². The fraction of sp³-hybridized carbons (Fsp3) is 0.842. The molecule has 0 spiro atoms. The quantitative estimate of drug-likeness (QED) is 0.540. The molecule has 4 fully saturated rings. The Morgan fingerprint density at radius 1 is 1.33 bits per heavy atom. The summed E-state index contributed by atoms with van der Waals surface area (Å²) < 4.78 is 6.12. The molecule has 0 saturated heterocycles. The number of carbonyl (C=O) groups is 1. The molecule has 4 saturated carbocycles. The topological polar surface area (TPSA) is 26.3 Å². The number of carbonyl (C=O) groups excluding carboxylic acids is 1. The summed E-state index contributed by atoms with van der Waals surface area (Å²) in [6, 6.07) is 0. The second-order valence-corrected chi connectivity index (χ2v) is 8.45. The number of rotatable bonds is 5. The molecular weight excluding hydrogens is 260 g/mol. The number of esters is 1. The maximum atomic E-state index is 12.0. The molecule has 4 aliphatic carbocycles. The summed E-state index contributed by atoms with van der Waals surface area (Å²) in [4.78, 5) is 12.0. The van der Waals surface area contributed by atoms with Crippen LogP contribution in [0.1, 0.15) is 65.7 Å². The van der Waals surface area contributed by atoms with E-state index in [2.05, 4.69) is 27.4 Å². The van der Waals surface area contributed by atoms with E-state index in [0.29, 0.717) is 23.2 Å². The van der Waals surface area contributed by atoms with Gasteiger partial charge in [0.2, 0.25) is 0 Å². The van der Waals surface area contributed by atoms with Crippen molar-refractivity contribution in [1.82, 2.24) is 0 Å². The van der Waals surface area contributed by atoms with Gasteiger partial charge >= 0.3 is 5.97 Å². The number of ether oxygens (including phenoxy) is 1. The third kappa shape index (κ3) is 2.45. The third-order valence-corrected chi connectivity index (χ3v) is 6.70. The van der Waals surface area contributed by atoms with Crippen molar-refractivity contribution < 1.29 is 9.53 Å². The molecule has 4 bridgehead atoms. The SMILES string of the molecule is C=CC(=O)OC1(CC(C)CC)C2CC3CC1CC(C)(C3)C2. The lowest BCUT2D eigenvalue weighted by molar-refractivity contribution is -0.225. The molecule has 0 N–H and O–H groups in total. The van der Waals surface area contributed by atoms with Crippen molar-refractivity contribution in [2.75, 3.05) is 0 Å². The summed E-state index contributed by atoms with van der Waals surface area (Å²) >= 11 is 0. The van der Waals surface area contributed by atoms with Gasteiger partial charge in [-0.15, -0.1) is 0 Å². The highest BCUT2D eigenvalue weighted by molar-refractivity contribution is 5.81. The Balaban J connectivity index is 1.92. The molecule has 3 unspecified atom stereocenters. The molecular formula is C19H30O2. The van der Waals surface area contributed by atoms with E-state index >= 15 is 0 Å². The first-order valence-electron chi connectivity index (χ1n) is 8.76. The Hall–Kier alpha value is -0.790. The Morgan fingerprint density at radius 3 is 2.43 bits per heavy atom. The smallest absolute Gasteiger partial charge is 0.330 e. The Morgan fingerprint density at radius 2 is 1.95 bits per heavy atom. The Kier molecular flexibility index (Phi) is 3.70. The van der Waals surface area contributed by atoms with Crippen LogP contribution in [0, 0.1) is 29.1 Å². The van der Waals surface area contributed by atoms with Gasteiger partial charge < -0.3 is 4.74 Å². The Bertz CT molecular complexity index is 423. The molecule has 4 aliphatic rings. The minimum atomic E-state index is -0.212. The van der Waals surface area contributed by atoms with Gasteiger partial charge in [-0.25, -0.2) is 4.79 Å². The van der Waals surface area contributed by atoms with E-state index in [1.165, 1.54) is 38.2 Å². The van der Waals surface area contributed by atoms with Crippen molar-refractivity contribution in [1.29, 1.82) is 0 Å². The van der Waals surface area contributed by atoms with E-state index in [0.717, 1.165) is 18.8 Å². The zero-order valence-electron chi connectivity index (χ0n) is 13.9. The van der Waals surface area contributed by atoms with Crippen molar-refractivity contribution in [3.8, 4) is 0 Å². The fourth-order valence-electron chi connectivity index (χ4n) is 5.91. The lowest BCUT2D eigenvalue weighted by atomic mass is 9.44. The molecule has 0 aromatic rings. The normalized spacial score (nSPS) is 45.4. The number of hydrogen-bond acceptors (Lipinski definition) is 2. The van der Waals surface area contributed by atoms with E-state index in [1.807, 2.05) is 0 Å². The largest absolute Gasteiger partial charge is 0.455 e. The van der Waals surface area contributed by atoms with Crippen LogP contribution in [0.15, 0.2) is 12.7 Å². The van der Waals surface area contributed by atoms with Crippen LogP contribution in [0.4, 0.5) is 0 Å². The highest BCUT2D eigenvalue weighted by atomic mass is 16.6. The van der Waals surface area contributed by atoms with Crippen LogP contribution in [0.5, 0.6) is 0 Å². The molecule has 0 aromatic carbocycles. The highest BCUT2D eigenvalue weighted by Crippen LogP contribution is 2.65. The van der Waals surface area contributed by atoms with Crippen molar-refractivity contribution in [3.63, 3.8) is 0 Å². The summed E-state index contributed by atoms with van der Waals surface area (Å²) in [6.45, 7) is 10.6. The van der Waals surface area contributed by atoms with Gasteiger partial charge in [0.15, 0.2) is 0 Å². The molecule has 0 heterocycles. The number of hydrogen-bond donors (Lipinski definition) is 0. The molecule has 4 rings (SSSR count). The Labute approximate surface area is 129 Å². The van der Waals surface area contributed by atoms with Crippen molar-refractivity contribution >= 4 is 5.97 Å². The third-order valence-electron chi connectivity index (χ3n) is 6.70. The summed E-state index contributed by atoms with van der Waals surface area (Å²) in [5.41, 5.74) is 0.313. The minimum Gasteiger partial charge on any atom is -0.455 e. The lowest BCUT2D eigenvalue weighted by Crippen LogP contribution is -2.62. The molecule has 3 atom stereocenters. The summed E-state index contributed by atoms with van der Waals surface area (Å²) in [7, 11) is 0. The average Bonchev–Trinajstić information content (AvgIpc) is 2.42. The van der Waals surface area contributed by atoms with Crippen LogP contribution >= 0.6 is 0 Å². The zero-order chi connectivity index (χ0) is 15.3. The fourth-order valence-corrected chi connectivity index (χ4v) is 5.91. The highest BCUT2D eigenvalue weighted by Gasteiger charge is 2.62. The predicted octanol–water partition coefficient (Wildman–Crippen LogP) is 4.74. The first kappa shape index (κ1) is 15.1. The van der Waals surface area contributed by atoms with Gasteiger partial charge in [-0.3, -0.25) is 0 Å². The van der Waals surface area contributed by atoms with Crippen molar-refractivity contribution in [2.24, 2.45) is 29.1 Å². The van der Waals surface area contributed by atoms with E-state index < -0.39 is 0 Å². The lowest BCUT2D eigenvalue weighted by Gasteiger charge is -2.64. The van der Waals surface area contributed by atoms with Gasteiger partial charge in [-0.05, 0) is 67.6 Å². The van der Waals surface area contributed by atoms with Gasteiger partial charge in [0.1, 0.15) is 5.60 Å². The predicted molar refractivity (Wildman–Crippen MR) is 84.8 cm³/mol. The molecule has 0 aliphatic heterocycles. The second-order valence-electron chi connectivity index (χ2n) is 8.45. The van der Waals surface area contributed by atoms with Gasteiger partial charge in [0, 0.05) is 6.08 Å². The van der Waals surface area contributed by atoms with Gasteiger partial charge in [-0.1, -0.05) is 33.8 Å². The van der Waals surface area contributed by atoms with Crippen LogP contribution < -0.4 is 0 Å². The average molecular weight is 290 g/mol. The molecule has 2 heteroatoms. The molecule has 21 heavy (non-hydrogen) atoms. The molecule has 0 amide bonds. The van der Waals surface area contributed by atoms with Crippen molar-refractivity contribution in [3.05, 3.63) is 12.7 Å². The summed E-state index contributed by atoms with van der Waals surface area (Å²) in [5, 5.41) is 0. The van der Waals surface area contributed by atoms with Crippen LogP contribution in [-0.2, 0) is 9.53 Å². The monoisotopic (exact) mass is 290 g/mol. The van der Waals surface area contributed by atoms with Gasteiger partial charge in [0.05, 0.1) is 0 Å². The maximum Gasteiger partial charge on any atom is 0.330 e. The van der Waals surface area contributed by atoms with Gasteiger partial charge in [0.25, 0.3) is 0 Å². The zero-order valence-corrected chi connectivity index (χ0v) is 13.9. The summed E-state index contributed by atoms with van der Waals surface area (Å²) in [6.07, 6.45) is 10.00. The van der Waals surface area contributed by atoms with E-state index in [-0.39, 0.29) is 11.6 Å². The summed E-state index contributed by atoms with van der Waals surface area (Å²) in [5.74, 6) is 2.43. The van der Waals surface area contributed by atoms with E-state index in [9.17, 15) is 4.79 Å². The minimum absolute atomic E-state index is 0.197. The standard InChI is InChI=1S/C19H30O2/c1-5-13(3)9-19(21-17(20)6-2)15-7-14-8-16(19)12-18(4,10-14)11-15/h6,13-16H,2,5,7-12H2,1,3-4H3. The van der Waals surface area contributed by atoms with E-state index in [4.69, 9.17) is 4.74 Å². The van der Waals surface area contributed by atoms with Crippen LogP contribution in [-0.4, -0.2) is 11.6 Å². The van der Waals surface area contributed by atoms with Crippen molar-refractivity contribution in [2.45, 2.75) is 71.3 Å². The molecule has 0 aromatic heterocycles. The molecule has 2 nitrogen and oxygen atoms in total. The van der Waals surface area contributed by atoms with Crippen LogP contribution in [0.2, 0.25) is 0 Å². The first-order valence-corrected chi connectivity index (χ1v) is 8.76. The van der Waals surface area contributed by atoms with Crippen LogP contribution in [0.25, 0.3) is 0 Å².